The zero-order valence-electron chi connectivity index (χ0n) is 25.1. The number of hydrogen-bond acceptors (Lipinski definition) is 3. The number of allylic oxidation sites excluding steroid dienone is 8. The van der Waals surface area contributed by atoms with Crippen molar-refractivity contribution in [2.45, 2.75) is 26.7 Å². The third-order valence-electron chi connectivity index (χ3n) is 7.20. The van der Waals surface area contributed by atoms with Crippen molar-refractivity contribution in [3.8, 4) is 22.4 Å². The van der Waals surface area contributed by atoms with Crippen molar-refractivity contribution in [2.24, 2.45) is 4.99 Å². The van der Waals surface area contributed by atoms with E-state index in [4.69, 9.17) is 0 Å². The van der Waals surface area contributed by atoms with Crippen molar-refractivity contribution in [3.05, 3.63) is 169 Å². The van der Waals surface area contributed by atoms with Gasteiger partial charge < -0.3 is 14.9 Å². The first kappa shape index (κ1) is 32.3. The summed E-state index contributed by atoms with van der Waals surface area (Å²) in [5.74, 6) is 0. The van der Waals surface area contributed by atoms with Gasteiger partial charge in [0.05, 0.1) is 0 Å². The monoisotopic (exact) mass is 752 g/mol. The molecule has 3 aromatic carbocycles. The van der Waals surface area contributed by atoms with E-state index in [-0.39, 0.29) is 21.1 Å². The van der Waals surface area contributed by atoms with Crippen LogP contribution < -0.4 is 4.90 Å². The van der Waals surface area contributed by atoms with E-state index in [9.17, 15) is 0 Å². The predicted molar refractivity (Wildman–Crippen MR) is 183 cm³/mol. The largest absolute Gasteiger partial charge is 2.00 e. The molecule has 44 heavy (non-hydrogen) atoms. The molecule has 1 aliphatic rings. The van der Waals surface area contributed by atoms with Crippen molar-refractivity contribution in [2.75, 3.05) is 4.90 Å². The van der Waals surface area contributed by atoms with Gasteiger partial charge >= 0.3 is 21.1 Å². The average Bonchev–Trinajstić information content (AvgIpc) is 3.08. The molecule has 0 atom stereocenters. The number of hydrogen-bond donors (Lipinski definition) is 0. The summed E-state index contributed by atoms with van der Waals surface area (Å²) in [5, 5.41) is 0. The van der Waals surface area contributed by atoms with Crippen molar-refractivity contribution < 1.29 is 21.1 Å². The number of aromatic nitrogens is 1. The fraction of sp³-hybridized carbons (Fsp3) is 0.100. The van der Waals surface area contributed by atoms with Gasteiger partial charge in [-0.1, -0.05) is 111 Å². The van der Waals surface area contributed by atoms with Gasteiger partial charge in [0.15, 0.2) is 0 Å². The van der Waals surface area contributed by atoms with Gasteiger partial charge in [0.2, 0.25) is 0 Å². The Morgan fingerprint density at radius 1 is 0.955 bits per heavy atom. The Balaban J connectivity index is 0.00000442. The molecule has 0 aliphatic heterocycles. The van der Waals surface area contributed by atoms with Crippen LogP contribution in [0.4, 0.5) is 11.4 Å². The van der Waals surface area contributed by atoms with Crippen LogP contribution in [0, 0.1) is 12.1 Å². The Labute approximate surface area is 276 Å². The van der Waals surface area contributed by atoms with E-state index in [2.05, 4.69) is 125 Å². The van der Waals surface area contributed by atoms with E-state index in [1.165, 1.54) is 11.1 Å². The second-order valence-electron chi connectivity index (χ2n) is 10.2. The summed E-state index contributed by atoms with van der Waals surface area (Å²) in [6.07, 6.45) is 19.6. The number of pyridine rings is 1. The van der Waals surface area contributed by atoms with Crippen molar-refractivity contribution in [1.82, 2.24) is 4.98 Å². The third kappa shape index (κ3) is 7.86. The minimum atomic E-state index is 0. The molecule has 5 rings (SSSR count). The van der Waals surface area contributed by atoms with E-state index in [0.717, 1.165) is 57.9 Å². The van der Waals surface area contributed by atoms with Crippen LogP contribution in [0.3, 0.4) is 0 Å². The predicted octanol–water partition coefficient (Wildman–Crippen LogP) is 10.5. The smallest absolute Gasteiger partial charge is 0.353 e. The van der Waals surface area contributed by atoms with Crippen LogP contribution in [0.5, 0.6) is 0 Å². The van der Waals surface area contributed by atoms with Crippen molar-refractivity contribution >= 4 is 23.2 Å². The maximum absolute atomic E-state index is 4.66. The molecule has 0 saturated carbocycles. The first-order valence-corrected chi connectivity index (χ1v) is 14.5. The molecular formula is C40H35N3Pt. The van der Waals surface area contributed by atoms with Gasteiger partial charge in [0, 0.05) is 18.1 Å². The van der Waals surface area contributed by atoms with Crippen LogP contribution >= 0.6 is 0 Å². The van der Waals surface area contributed by atoms with Crippen LogP contribution in [-0.2, 0) is 21.1 Å². The first-order chi connectivity index (χ1) is 21.1. The van der Waals surface area contributed by atoms with E-state index >= 15 is 0 Å². The Kier molecular flexibility index (Phi) is 11.6. The van der Waals surface area contributed by atoms with Gasteiger partial charge in [-0.25, -0.2) is 0 Å². The number of anilines is 2. The number of benzene rings is 3. The molecule has 0 bridgehead atoms. The van der Waals surface area contributed by atoms with Gasteiger partial charge in [-0.3, -0.25) is 0 Å². The molecule has 0 fully saturated rings. The van der Waals surface area contributed by atoms with E-state index < -0.39 is 0 Å². The topological polar surface area (TPSA) is 28.5 Å². The molecule has 0 spiro atoms. The fourth-order valence-corrected chi connectivity index (χ4v) is 4.93. The summed E-state index contributed by atoms with van der Waals surface area (Å²) in [7, 11) is 0. The molecule has 220 valence electrons. The summed E-state index contributed by atoms with van der Waals surface area (Å²) in [4.78, 5) is 11.2. The molecule has 4 aromatic rings. The SMILES string of the molecule is C=CC=NC(=C)C(C)=[C-]/C(=C\C)N(c1[c-]c(-c2ccccn2)cc(C2=CCCC=C2)c1)c1ccc(-c2ccccc2)cc1.[Pt+2]. The minimum absolute atomic E-state index is 0. The van der Waals surface area contributed by atoms with Gasteiger partial charge in [0.25, 0.3) is 0 Å². The van der Waals surface area contributed by atoms with Gasteiger partial charge in [0.1, 0.15) is 0 Å². The maximum Gasteiger partial charge on any atom is 2.00 e. The molecule has 3 nitrogen and oxygen atoms in total. The van der Waals surface area contributed by atoms with Crippen LogP contribution in [0.25, 0.3) is 28.0 Å². The summed E-state index contributed by atoms with van der Waals surface area (Å²) < 4.78 is 0. The van der Waals surface area contributed by atoms with E-state index in [0.29, 0.717) is 5.70 Å². The molecule has 1 aromatic heterocycles. The molecule has 0 N–H and O–H groups in total. The average molecular weight is 753 g/mol. The van der Waals surface area contributed by atoms with Crippen LogP contribution in [0.2, 0.25) is 0 Å². The third-order valence-corrected chi connectivity index (χ3v) is 7.20. The molecular weight excluding hydrogens is 718 g/mol. The number of aliphatic imine (C=N–C) groups is 1. The summed E-state index contributed by atoms with van der Waals surface area (Å²) in [6, 6.07) is 33.1. The molecule has 0 saturated heterocycles. The molecule has 1 aliphatic carbocycles. The van der Waals surface area contributed by atoms with Crippen LogP contribution in [0.15, 0.2) is 157 Å². The summed E-state index contributed by atoms with van der Waals surface area (Å²) >= 11 is 0. The maximum atomic E-state index is 4.66. The zero-order valence-corrected chi connectivity index (χ0v) is 27.4. The standard InChI is InChI=1S/C40H35N3.Pt/c1-5-24-41-31(4)30(3)26-37(6-2)43(38-22-20-34(21-23-38)32-15-9-7-10-16-32)39-28-35(33-17-11-8-12-18-33)27-36(29-39)40-19-13-14-25-42-40;/h5-7,9-11,13-25,27-28H,1,4,8,12H2,2-3H3;/q-2;+2/b37-6+,41-24?;. The molecule has 0 radical (unpaired) electrons. The molecule has 4 heteroatoms. The number of nitrogens with zero attached hydrogens (tertiary/aromatic N) is 3. The number of rotatable bonds is 10. The van der Waals surface area contributed by atoms with Gasteiger partial charge in [-0.2, -0.15) is 12.2 Å². The molecule has 1 heterocycles. The minimum Gasteiger partial charge on any atom is -0.353 e. The second kappa shape index (κ2) is 15.8. The Morgan fingerprint density at radius 3 is 2.36 bits per heavy atom. The van der Waals surface area contributed by atoms with Crippen molar-refractivity contribution in [3.63, 3.8) is 0 Å². The van der Waals surface area contributed by atoms with E-state index in [1.54, 1.807) is 12.3 Å². The van der Waals surface area contributed by atoms with Gasteiger partial charge in [-0.15, -0.1) is 35.9 Å². The zero-order chi connectivity index (χ0) is 30.0. The Bertz CT molecular complexity index is 1740. The fourth-order valence-electron chi connectivity index (χ4n) is 4.93. The summed E-state index contributed by atoms with van der Waals surface area (Å²) in [6.45, 7) is 11.9. The first-order valence-electron chi connectivity index (χ1n) is 14.5. The quantitative estimate of drug-likeness (QED) is 0.0917. The molecule has 0 unspecified atom stereocenters. The van der Waals surface area contributed by atoms with Crippen molar-refractivity contribution in [1.29, 1.82) is 0 Å². The normalized spacial score (nSPS) is 13.3. The summed E-state index contributed by atoms with van der Waals surface area (Å²) in [5.41, 5.74) is 10.6. The van der Waals surface area contributed by atoms with Gasteiger partial charge in [-0.05, 0) is 64.8 Å². The Hall–Kier alpha value is -4.59. The van der Waals surface area contributed by atoms with Crippen LogP contribution in [0.1, 0.15) is 32.3 Å². The second-order valence-corrected chi connectivity index (χ2v) is 10.2. The Morgan fingerprint density at radius 2 is 1.70 bits per heavy atom. The van der Waals surface area contributed by atoms with E-state index in [1.807, 2.05) is 44.3 Å². The molecule has 0 amide bonds. The van der Waals surface area contributed by atoms with Crippen LogP contribution in [-0.4, -0.2) is 11.2 Å².